The fraction of sp³-hybridized carbons (Fsp3) is 0.200. The van der Waals surface area contributed by atoms with Gasteiger partial charge < -0.3 is 5.32 Å². The van der Waals surface area contributed by atoms with E-state index in [9.17, 15) is 9.59 Å². The van der Waals surface area contributed by atoms with Crippen LogP contribution < -0.4 is 5.32 Å². The second-order valence-corrected chi connectivity index (χ2v) is 3.14. The maximum atomic E-state index is 11.1. The van der Waals surface area contributed by atoms with Crippen molar-refractivity contribution in [2.45, 2.75) is 12.8 Å². The van der Waals surface area contributed by atoms with Crippen molar-refractivity contribution >= 4 is 17.9 Å². The Morgan fingerprint density at radius 2 is 2.00 bits per heavy atom. The van der Waals surface area contributed by atoms with Crippen LogP contribution in [0.4, 0.5) is 5.69 Å². The van der Waals surface area contributed by atoms with Crippen molar-refractivity contribution in [3.05, 3.63) is 29.3 Å². The first-order valence-corrected chi connectivity index (χ1v) is 4.13. The minimum atomic E-state index is 0.248. The highest BCUT2D eigenvalue weighted by atomic mass is 16.1. The number of nitrogens with one attached hydrogen (secondary N) is 1. The summed E-state index contributed by atoms with van der Waals surface area (Å²) < 4.78 is 0. The molecule has 3 nitrogen and oxygen atoms in total. The summed E-state index contributed by atoms with van der Waals surface area (Å²) in [6.45, 7) is 0. The number of Topliss-reactive ketones (excluding diaryl/α,β-unsaturated/α-hetero) is 1. The van der Waals surface area contributed by atoms with Crippen LogP contribution in [-0.4, -0.2) is 12.2 Å². The molecule has 0 saturated carbocycles. The maximum absolute atomic E-state index is 11.1. The molecule has 2 rings (SSSR count). The summed E-state index contributed by atoms with van der Waals surface area (Å²) in [5, 5.41) is 2.56. The second kappa shape index (κ2) is 3.01. The first-order chi connectivity index (χ1) is 6.29. The van der Waals surface area contributed by atoms with E-state index >= 15 is 0 Å². The van der Waals surface area contributed by atoms with E-state index in [1.54, 1.807) is 0 Å². The van der Waals surface area contributed by atoms with Gasteiger partial charge in [-0.25, -0.2) is 0 Å². The Kier molecular flexibility index (Phi) is 1.85. The Morgan fingerprint density at radius 1 is 1.23 bits per heavy atom. The lowest BCUT2D eigenvalue weighted by atomic mass is 10.1. The summed E-state index contributed by atoms with van der Waals surface area (Å²) in [5.41, 5.74) is 2.88. The van der Waals surface area contributed by atoms with Crippen molar-refractivity contribution in [1.29, 1.82) is 0 Å². The third-order valence-electron chi connectivity index (χ3n) is 2.21. The van der Waals surface area contributed by atoms with Gasteiger partial charge in [-0.2, -0.15) is 0 Å². The third kappa shape index (κ3) is 1.45. The summed E-state index contributed by atoms with van der Waals surface area (Å²) in [6.07, 6.45) is 1.68. The lowest BCUT2D eigenvalue weighted by Gasteiger charge is -2.01. The molecule has 0 atom stereocenters. The van der Waals surface area contributed by atoms with Crippen molar-refractivity contribution < 1.29 is 9.59 Å². The molecule has 0 bridgehead atoms. The SMILES string of the molecule is O=CNc1ccc2c(c1)CC(=O)C2. The predicted octanol–water partition coefficient (Wildman–Crippen LogP) is 0.923. The van der Waals surface area contributed by atoms with Crippen molar-refractivity contribution in [3.63, 3.8) is 0 Å². The molecular formula is C10H9NO2. The van der Waals surface area contributed by atoms with Gasteiger partial charge in [0.05, 0.1) is 0 Å². The monoisotopic (exact) mass is 175 g/mol. The molecule has 0 saturated heterocycles. The van der Waals surface area contributed by atoms with Crippen molar-refractivity contribution in [1.82, 2.24) is 0 Å². The molecule has 13 heavy (non-hydrogen) atoms. The van der Waals surface area contributed by atoms with Crippen LogP contribution in [0.5, 0.6) is 0 Å². The van der Waals surface area contributed by atoms with Crippen LogP contribution in [0.15, 0.2) is 18.2 Å². The molecule has 1 N–H and O–H groups in total. The molecule has 1 aromatic carbocycles. The van der Waals surface area contributed by atoms with Crippen molar-refractivity contribution in [3.8, 4) is 0 Å². The van der Waals surface area contributed by atoms with Crippen LogP contribution in [0.1, 0.15) is 11.1 Å². The highest BCUT2D eigenvalue weighted by Crippen LogP contribution is 2.22. The molecule has 1 aromatic rings. The molecule has 0 aromatic heterocycles. The van der Waals surface area contributed by atoms with E-state index in [0.717, 1.165) is 16.8 Å². The number of hydrogen-bond acceptors (Lipinski definition) is 2. The van der Waals surface area contributed by atoms with E-state index in [2.05, 4.69) is 5.32 Å². The minimum Gasteiger partial charge on any atom is -0.329 e. The molecule has 0 aliphatic heterocycles. The number of rotatable bonds is 2. The lowest BCUT2D eigenvalue weighted by Crippen LogP contribution is -1.94. The van der Waals surface area contributed by atoms with Crippen LogP contribution >= 0.6 is 0 Å². The van der Waals surface area contributed by atoms with Crippen LogP contribution in [0.3, 0.4) is 0 Å². The van der Waals surface area contributed by atoms with Crippen molar-refractivity contribution in [2.24, 2.45) is 0 Å². The van der Waals surface area contributed by atoms with E-state index < -0.39 is 0 Å². The quantitative estimate of drug-likeness (QED) is 0.679. The summed E-state index contributed by atoms with van der Waals surface area (Å²) in [6, 6.07) is 5.56. The molecular weight excluding hydrogens is 166 g/mol. The largest absolute Gasteiger partial charge is 0.329 e. The van der Waals surface area contributed by atoms with Gasteiger partial charge in [0.1, 0.15) is 5.78 Å². The second-order valence-electron chi connectivity index (χ2n) is 3.14. The van der Waals surface area contributed by atoms with E-state index in [1.807, 2.05) is 18.2 Å². The fourth-order valence-corrected chi connectivity index (χ4v) is 1.61. The van der Waals surface area contributed by atoms with E-state index in [-0.39, 0.29) is 5.78 Å². The Hall–Kier alpha value is -1.64. The molecule has 0 fully saturated rings. The van der Waals surface area contributed by atoms with Crippen LogP contribution in [0.25, 0.3) is 0 Å². The Balaban J connectivity index is 2.34. The van der Waals surface area contributed by atoms with Crippen LogP contribution in [0, 0.1) is 0 Å². The molecule has 1 amide bonds. The Morgan fingerprint density at radius 3 is 2.77 bits per heavy atom. The fourth-order valence-electron chi connectivity index (χ4n) is 1.61. The van der Waals surface area contributed by atoms with Crippen molar-refractivity contribution in [2.75, 3.05) is 5.32 Å². The highest BCUT2D eigenvalue weighted by Gasteiger charge is 2.17. The van der Waals surface area contributed by atoms with Gasteiger partial charge in [-0.05, 0) is 23.3 Å². The highest BCUT2D eigenvalue weighted by molar-refractivity contribution is 5.88. The van der Waals surface area contributed by atoms with Gasteiger partial charge in [-0.3, -0.25) is 9.59 Å². The van der Waals surface area contributed by atoms with Gasteiger partial charge in [0, 0.05) is 18.5 Å². The average molecular weight is 175 g/mol. The number of hydrogen-bond donors (Lipinski definition) is 1. The van der Waals surface area contributed by atoms with E-state index in [1.165, 1.54) is 0 Å². The molecule has 0 radical (unpaired) electrons. The number of carbonyl (C=O) groups excluding carboxylic acids is 2. The summed E-state index contributed by atoms with van der Waals surface area (Å²) in [5.74, 6) is 0.248. The lowest BCUT2D eigenvalue weighted by molar-refractivity contribution is -0.117. The minimum absolute atomic E-state index is 0.248. The van der Waals surface area contributed by atoms with Gasteiger partial charge in [0.15, 0.2) is 0 Å². The molecule has 0 spiro atoms. The van der Waals surface area contributed by atoms with Gasteiger partial charge >= 0.3 is 0 Å². The van der Waals surface area contributed by atoms with Gasteiger partial charge in [-0.15, -0.1) is 0 Å². The van der Waals surface area contributed by atoms with Gasteiger partial charge in [0.2, 0.25) is 6.41 Å². The molecule has 0 unspecified atom stereocenters. The molecule has 1 aliphatic carbocycles. The van der Waals surface area contributed by atoms with E-state index in [0.29, 0.717) is 19.3 Å². The zero-order valence-corrected chi connectivity index (χ0v) is 7.04. The third-order valence-corrected chi connectivity index (χ3v) is 2.21. The maximum Gasteiger partial charge on any atom is 0.211 e. The smallest absolute Gasteiger partial charge is 0.211 e. The molecule has 66 valence electrons. The first-order valence-electron chi connectivity index (χ1n) is 4.13. The Labute approximate surface area is 75.8 Å². The number of ketones is 1. The summed E-state index contributed by atoms with van der Waals surface area (Å²) in [7, 11) is 0. The van der Waals surface area contributed by atoms with Crippen LogP contribution in [0.2, 0.25) is 0 Å². The summed E-state index contributed by atoms with van der Waals surface area (Å²) >= 11 is 0. The molecule has 1 aliphatic rings. The normalized spacial score (nSPS) is 14.0. The zero-order valence-electron chi connectivity index (χ0n) is 7.04. The average Bonchev–Trinajstić information content (AvgIpc) is 2.44. The molecule has 0 heterocycles. The standard InChI is InChI=1S/C10H9NO2/c12-6-11-9-2-1-7-4-10(13)5-8(7)3-9/h1-3,6H,4-5H2,(H,11,12). The van der Waals surface area contributed by atoms with E-state index in [4.69, 9.17) is 0 Å². The molecule has 3 heteroatoms. The summed E-state index contributed by atoms with van der Waals surface area (Å²) in [4.78, 5) is 21.2. The van der Waals surface area contributed by atoms with Crippen LogP contribution in [-0.2, 0) is 22.4 Å². The number of fused-ring (bicyclic) bond motifs is 1. The first kappa shape index (κ1) is 7.98. The number of carbonyl (C=O) groups is 2. The Bertz CT molecular complexity index is 371. The topological polar surface area (TPSA) is 46.2 Å². The predicted molar refractivity (Wildman–Crippen MR) is 48.5 cm³/mol. The zero-order chi connectivity index (χ0) is 9.26. The number of benzene rings is 1. The van der Waals surface area contributed by atoms with Gasteiger partial charge in [0.25, 0.3) is 0 Å². The van der Waals surface area contributed by atoms with Gasteiger partial charge in [-0.1, -0.05) is 6.07 Å². The number of anilines is 1. The number of amides is 1.